The summed E-state index contributed by atoms with van der Waals surface area (Å²) in [5.74, 6) is 0.0268. The molecule has 3 aromatic rings. The average molecular weight is 307 g/mol. The van der Waals surface area contributed by atoms with Crippen LogP contribution in [0, 0.1) is 0 Å². The number of hydrogen-bond donors (Lipinski definition) is 1. The van der Waals surface area contributed by atoms with Crippen LogP contribution in [0.25, 0.3) is 10.9 Å². The molecule has 0 aliphatic heterocycles. The molecule has 0 bridgehead atoms. The van der Waals surface area contributed by atoms with Gasteiger partial charge in [0.1, 0.15) is 0 Å². The summed E-state index contributed by atoms with van der Waals surface area (Å²) in [6, 6.07) is 15.8. The number of carbonyl (C=O) groups is 1. The summed E-state index contributed by atoms with van der Waals surface area (Å²) in [6.45, 7) is 0.578. The molecule has 0 saturated carbocycles. The number of hydrogen-bond acceptors (Lipinski definition) is 2. The van der Waals surface area contributed by atoms with Gasteiger partial charge in [-0.25, -0.2) is 0 Å². The van der Waals surface area contributed by atoms with Gasteiger partial charge in [-0.2, -0.15) is 0 Å². The number of anilines is 1. The first-order valence-corrected chi connectivity index (χ1v) is 7.64. The SMILES string of the molecule is CN(Cc1c[nH]c2ccccc12)C(=O)c1cccc(N(C)C)c1. The van der Waals surface area contributed by atoms with E-state index >= 15 is 0 Å². The van der Waals surface area contributed by atoms with Crippen LogP contribution in [0.2, 0.25) is 0 Å². The number of H-pyrrole nitrogens is 1. The second kappa shape index (κ2) is 6.16. The van der Waals surface area contributed by atoms with Crippen molar-refractivity contribution in [2.45, 2.75) is 6.54 Å². The third kappa shape index (κ3) is 3.06. The lowest BCUT2D eigenvalue weighted by molar-refractivity contribution is 0.0785. The highest BCUT2D eigenvalue weighted by Gasteiger charge is 2.14. The maximum absolute atomic E-state index is 12.7. The Morgan fingerprint density at radius 1 is 1.04 bits per heavy atom. The Bertz CT molecular complexity index is 835. The summed E-state index contributed by atoms with van der Waals surface area (Å²) < 4.78 is 0. The number of amides is 1. The Balaban J connectivity index is 1.81. The number of nitrogens with zero attached hydrogens (tertiary/aromatic N) is 2. The highest BCUT2D eigenvalue weighted by molar-refractivity contribution is 5.95. The fourth-order valence-electron chi connectivity index (χ4n) is 2.73. The van der Waals surface area contributed by atoms with E-state index in [1.54, 1.807) is 4.90 Å². The van der Waals surface area contributed by atoms with Gasteiger partial charge >= 0.3 is 0 Å². The van der Waals surface area contributed by atoms with Crippen molar-refractivity contribution in [3.8, 4) is 0 Å². The van der Waals surface area contributed by atoms with Crippen LogP contribution in [0.3, 0.4) is 0 Å². The zero-order valence-electron chi connectivity index (χ0n) is 13.7. The van der Waals surface area contributed by atoms with Gasteiger partial charge in [0, 0.05) is 56.0 Å². The van der Waals surface area contributed by atoms with Gasteiger partial charge in [0.2, 0.25) is 0 Å². The molecule has 4 nitrogen and oxygen atoms in total. The highest BCUT2D eigenvalue weighted by atomic mass is 16.2. The van der Waals surface area contributed by atoms with Crippen molar-refractivity contribution in [1.29, 1.82) is 0 Å². The molecule has 0 aliphatic rings. The van der Waals surface area contributed by atoms with Gasteiger partial charge in [-0.3, -0.25) is 4.79 Å². The van der Waals surface area contributed by atoms with Gasteiger partial charge in [0.05, 0.1) is 0 Å². The van der Waals surface area contributed by atoms with Crippen LogP contribution in [0.4, 0.5) is 5.69 Å². The fourth-order valence-corrected chi connectivity index (χ4v) is 2.73. The summed E-state index contributed by atoms with van der Waals surface area (Å²) >= 11 is 0. The van der Waals surface area contributed by atoms with Gasteiger partial charge in [-0.15, -0.1) is 0 Å². The number of carbonyl (C=O) groups excluding carboxylic acids is 1. The van der Waals surface area contributed by atoms with Gasteiger partial charge in [-0.05, 0) is 29.8 Å². The lowest BCUT2D eigenvalue weighted by atomic mass is 10.1. The monoisotopic (exact) mass is 307 g/mol. The van der Waals surface area contributed by atoms with Crippen LogP contribution in [0.5, 0.6) is 0 Å². The number of aromatic amines is 1. The minimum Gasteiger partial charge on any atom is -0.378 e. The molecule has 3 rings (SSSR count). The average Bonchev–Trinajstić information content (AvgIpc) is 2.97. The van der Waals surface area contributed by atoms with Gasteiger partial charge in [0.15, 0.2) is 0 Å². The number of rotatable bonds is 4. The largest absolute Gasteiger partial charge is 0.378 e. The van der Waals surface area contributed by atoms with Crippen molar-refractivity contribution in [1.82, 2.24) is 9.88 Å². The van der Waals surface area contributed by atoms with Gasteiger partial charge in [0.25, 0.3) is 5.91 Å². The minimum absolute atomic E-state index is 0.0268. The second-order valence-electron chi connectivity index (χ2n) is 5.97. The molecule has 0 saturated heterocycles. The Morgan fingerprint density at radius 3 is 2.61 bits per heavy atom. The standard InChI is InChI=1S/C19H21N3O/c1-21(2)16-8-6-7-14(11-16)19(23)22(3)13-15-12-20-18-10-5-4-9-17(15)18/h4-12,20H,13H2,1-3H3. The van der Waals surface area contributed by atoms with Crippen molar-refractivity contribution in [2.24, 2.45) is 0 Å². The Labute approximate surface area is 136 Å². The summed E-state index contributed by atoms with van der Waals surface area (Å²) in [5.41, 5.74) is 3.95. The number of nitrogens with one attached hydrogen (secondary N) is 1. The molecule has 0 fully saturated rings. The maximum Gasteiger partial charge on any atom is 0.253 e. The van der Waals surface area contributed by atoms with Crippen LogP contribution >= 0.6 is 0 Å². The lowest BCUT2D eigenvalue weighted by Gasteiger charge is -2.19. The molecule has 118 valence electrons. The number of benzene rings is 2. The van der Waals surface area contributed by atoms with Crippen LogP contribution in [0.1, 0.15) is 15.9 Å². The Kier molecular flexibility index (Phi) is 4.06. The first-order chi connectivity index (χ1) is 11.1. The number of aromatic nitrogens is 1. The first kappa shape index (κ1) is 15.2. The normalized spacial score (nSPS) is 10.7. The molecule has 4 heteroatoms. The molecule has 23 heavy (non-hydrogen) atoms. The van der Waals surface area contributed by atoms with Crippen LogP contribution in [-0.2, 0) is 6.54 Å². The zero-order valence-corrected chi connectivity index (χ0v) is 13.7. The number of para-hydroxylation sites is 1. The van der Waals surface area contributed by atoms with E-state index in [-0.39, 0.29) is 5.91 Å². The fraction of sp³-hybridized carbons (Fsp3) is 0.211. The van der Waals surface area contributed by atoms with E-state index in [0.717, 1.165) is 22.2 Å². The van der Waals surface area contributed by atoms with Crippen LogP contribution in [-0.4, -0.2) is 36.9 Å². The molecule has 0 radical (unpaired) electrons. The van der Waals surface area contributed by atoms with E-state index < -0.39 is 0 Å². The second-order valence-corrected chi connectivity index (χ2v) is 5.97. The van der Waals surface area contributed by atoms with Crippen LogP contribution in [0.15, 0.2) is 54.7 Å². The van der Waals surface area contributed by atoms with Crippen molar-refractivity contribution in [2.75, 3.05) is 26.0 Å². The zero-order chi connectivity index (χ0) is 16.4. The molecular formula is C19H21N3O. The topological polar surface area (TPSA) is 39.3 Å². The summed E-state index contributed by atoms with van der Waals surface area (Å²) in [4.78, 5) is 19.7. The minimum atomic E-state index is 0.0268. The predicted octanol–water partition coefficient (Wildman–Crippen LogP) is 3.51. The molecule has 0 atom stereocenters. The van der Waals surface area contributed by atoms with E-state index in [2.05, 4.69) is 11.1 Å². The first-order valence-electron chi connectivity index (χ1n) is 7.64. The molecule has 0 spiro atoms. The molecule has 1 heterocycles. The summed E-state index contributed by atoms with van der Waals surface area (Å²) in [5, 5.41) is 1.16. The quantitative estimate of drug-likeness (QED) is 0.801. The van der Waals surface area contributed by atoms with Crippen molar-refractivity contribution < 1.29 is 4.79 Å². The smallest absolute Gasteiger partial charge is 0.253 e. The molecular weight excluding hydrogens is 286 g/mol. The lowest BCUT2D eigenvalue weighted by Crippen LogP contribution is -2.26. The molecule has 1 N–H and O–H groups in total. The molecule has 1 amide bonds. The van der Waals surface area contributed by atoms with Gasteiger partial charge < -0.3 is 14.8 Å². The molecule has 2 aromatic carbocycles. The predicted molar refractivity (Wildman–Crippen MR) is 94.9 cm³/mol. The molecule has 1 aromatic heterocycles. The Morgan fingerprint density at radius 2 is 1.83 bits per heavy atom. The van der Waals surface area contributed by atoms with Crippen LogP contribution < -0.4 is 4.90 Å². The van der Waals surface area contributed by atoms with Crippen molar-refractivity contribution in [3.63, 3.8) is 0 Å². The van der Waals surface area contributed by atoms with E-state index in [4.69, 9.17) is 0 Å². The van der Waals surface area contributed by atoms with E-state index in [1.165, 1.54) is 0 Å². The van der Waals surface area contributed by atoms with E-state index in [9.17, 15) is 4.79 Å². The number of fused-ring (bicyclic) bond motifs is 1. The molecule has 0 aliphatic carbocycles. The summed E-state index contributed by atoms with van der Waals surface area (Å²) in [6.07, 6.45) is 1.98. The third-order valence-electron chi connectivity index (χ3n) is 4.04. The summed E-state index contributed by atoms with van der Waals surface area (Å²) in [7, 11) is 5.78. The maximum atomic E-state index is 12.7. The van der Waals surface area contributed by atoms with Crippen molar-refractivity contribution in [3.05, 3.63) is 65.9 Å². The van der Waals surface area contributed by atoms with Crippen molar-refractivity contribution >= 4 is 22.5 Å². The van der Waals surface area contributed by atoms with Gasteiger partial charge in [-0.1, -0.05) is 24.3 Å². The van der Waals surface area contributed by atoms with E-state index in [1.807, 2.05) is 74.7 Å². The third-order valence-corrected chi connectivity index (χ3v) is 4.04. The highest BCUT2D eigenvalue weighted by Crippen LogP contribution is 2.20. The Hall–Kier alpha value is -2.75. The van der Waals surface area contributed by atoms with E-state index in [0.29, 0.717) is 12.1 Å². The molecule has 0 unspecified atom stereocenters.